The first-order valence-corrected chi connectivity index (χ1v) is 9.80. The number of carbonyl (C=O) groups excluding carboxylic acids is 1. The molecule has 1 aliphatic rings. The monoisotopic (exact) mass is 408 g/mol. The van der Waals surface area contributed by atoms with Gasteiger partial charge in [-0.1, -0.05) is 11.3 Å². The molecule has 1 saturated heterocycles. The van der Waals surface area contributed by atoms with Gasteiger partial charge in [0.2, 0.25) is 16.7 Å². The van der Waals surface area contributed by atoms with Crippen molar-refractivity contribution in [2.45, 2.75) is 25.8 Å². The van der Waals surface area contributed by atoms with Crippen molar-refractivity contribution < 1.29 is 23.6 Å². The van der Waals surface area contributed by atoms with Crippen LogP contribution in [0.5, 0.6) is 5.88 Å². The van der Waals surface area contributed by atoms with Crippen LogP contribution in [0.15, 0.2) is 18.2 Å². The molecule has 10 heteroatoms. The molecular weight excluding hydrogens is 388 g/mol. The second kappa shape index (κ2) is 7.10. The van der Waals surface area contributed by atoms with Crippen molar-refractivity contribution in [3.63, 3.8) is 0 Å². The van der Waals surface area contributed by atoms with Crippen LogP contribution in [0.3, 0.4) is 0 Å². The Morgan fingerprint density at radius 2 is 2.07 bits per heavy atom. The number of nitrogens with two attached hydrogens (primary N) is 1. The number of aromatic hydroxyl groups is 1. The van der Waals surface area contributed by atoms with Crippen LogP contribution in [0.2, 0.25) is 0 Å². The third kappa shape index (κ3) is 3.22. The highest BCUT2D eigenvalue weighted by Crippen LogP contribution is 2.35. The Labute approximate surface area is 163 Å². The van der Waals surface area contributed by atoms with E-state index in [4.69, 9.17) is 5.73 Å². The van der Waals surface area contributed by atoms with Crippen molar-refractivity contribution in [3.8, 4) is 5.88 Å². The van der Waals surface area contributed by atoms with Crippen LogP contribution in [0.4, 0.5) is 8.78 Å². The number of nitrogens with one attached hydrogen (secondary N) is 1. The molecule has 1 aliphatic heterocycles. The van der Waals surface area contributed by atoms with Crippen molar-refractivity contribution >= 4 is 22.2 Å². The molecule has 1 amide bonds. The average molecular weight is 408 g/mol. The highest BCUT2D eigenvalue weighted by molar-refractivity contribution is 7.17. The van der Waals surface area contributed by atoms with E-state index in [9.17, 15) is 18.7 Å². The number of carbonyl (C=O) groups is 1. The van der Waals surface area contributed by atoms with Gasteiger partial charge in [-0.2, -0.15) is 4.52 Å². The number of primary amides is 1. The van der Waals surface area contributed by atoms with Crippen LogP contribution in [-0.2, 0) is 4.79 Å². The minimum Gasteiger partial charge on any atom is -0.492 e. The number of amides is 1. The number of halogens is 2. The first-order valence-electron chi connectivity index (χ1n) is 8.99. The van der Waals surface area contributed by atoms with Crippen LogP contribution in [0.25, 0.3) is 4.96 Å². The van der Waals surface area contributed by atoms with Gasteiger partial charge in [0.25, 0.3) is 0 Å². The molecule has 4 N–H and O–H groups in total. The zero-order valence-electron chi connectivity index (χ0n) is 15.2. The number of benzene rings is 1. The zero-order valence-corrected chi connectivity index (χ0v) is 16.0. The number of nitrogens with zero attached hydrogens (tertiary/aromatic N) is 3. The molecule has 28 heavy (non-hydrogen) atoms. The fourth-order valence-corrected chi connectivity index (χ4v) is 5.05. The summed E-state index contributed by atoms with van der Waals surface area (Å²) in [5, 5.41) is 14.9. The summed E-state index contributed by atoms with van der Waals surface area (Å²) in [6.07, 6.45) is 1.21. The summed E-state index contributed by atoms with van der Waals surface area (Å²) in [5.74, 6) is -1.89. The summed E-state index contributed by atoms with van der Waals surface area (Å²) in [4.78, 5) is 17.9. The second-order valence-corrected chi connectivity index (χ2v) is 8.09. The molecule has 0 radical (unpaired) electrons. The maximum atomic E-state index is 14.0. The summed E-state index contributed by atoms with van der Waals surface area (Å²) in [7, 11) is 0. The lowest BCUT2D eigenvalue weighted by Gasteiger charge is -2.33. The van der Waals surface area contributed by atoms with Gasteiger partial charge in [-0.15, -0.1) is 5.10 Å². The number of likely N-dealkylation sites (tertiary alicyclic amines) is 1. The minimum absolute atomic E-state index is 0.0557. The van der Waals surface area contributed by atoms with Crippen LogP contribution in [0, 0.1) is 24.5 Å². The Kier molecular flexibility index (Phi) is 4.76. The fourth-order valence-electron chi connectivity index (χ4n) is 3.86. The summed E-state index contributed by atoms with van der Waals surface area (Å²) in [5.41, 5.74) is 5.97. The van der Waals surface area contributed by atoms with Gasteiger partial charge in [-0.05, 0) is 25.1 Å². The molecule has 1 aromatic carbocycles. The molecule has 0 bridgehead atoms. The zero-order chi connectivity index (χ0) is 20.0. The van der Waals surface area contributed by atoms with Crippen molar-refractivity contribution in [1.82, 2.24) is 14.6 Å². The van der Waals surface area contributed by atoms with E-state index in [0.29, 0.717) is 47.2 Å². The smallest absolute Gasteiger partial charge is 0.235 e. The normalized spacial score (nSPS) is 21.1. The highest BCUT2D eigenvalue weighted by Gasteiger charge is 2.36. The third-order valence-electron chi connectivity index (χ3n) is 5.28. The topological polar surface area (TPSA) is 98.0 Å². The van der Waals surface area contributed by atoms with E-state index in [2.05, 4.69) is 10.1 Å². The molecule has 4 rings (SSSR count). The molecule has 2 aromatic heterocycles. The van der Waals surface area contributed by atoms with E-state index in [-0.39, 0.29) is 17.7 Å². The lowest BCUT2D eigenvalue weighted by molar-refractivity contribution is -0.930. The summed E-state index contributed by atoms with van der Waals surface area (Å²) in [6, 6.07) is 3.34. The van der Waals surface area contributed by atoms with Gasteiger partial charge in [0.15, 0.2) is 17.7 Å². The molecule has 3 heterocycles. The van der Waals surface area contributed by atoms with Crippen molar-refractivity contribution in [3.05, 3.63) is 46.1 Å². The van der Waals surface area contributed by atoms with Crippen LogP contribution in [0.1, 0.15) is 35.1 Å². The predicted octanol–water partition coefficient (Wildman–Crippen LogP) is 0.953. The first kappa shape index (κ1) is 18.8. The van der Waals surface area contributed by atoms with E-state index in [1.807, 2.05) is 0 Å². The maximum Gasteiger partial charge on any atom is 0.235 e. The molecular formula is C18H20F2N5O2S+. The quantitative estimate of drug-likeness (QED) is 0.599. The number of hydrogen-bond donors (Lipinski definition) is 3. The van der Waals surface area contributed by atoms with Crippen LogP contribution in [-0.4, -0.2) is 38.7 Å². The number of rotatable bonds is 4. The SMILES string of the molecule is Cc1nc2sc([C@H](c3ccc(F)c(F)c3)[NH+]3CCC(C(N)=O)CC3)c(O)n2n1. The number of quaternary nitrogens is 1. The standard InChI is InChI=1S/C18H19F2N5O2S/c1-9-22-18-25(23-9)17(27)15(28-18)14(11-2-3-12(19)13(20)8-11)24-6-4-10(5-7-24)16(21)26/h2-3,8,10,14,27H,4-7H2,1H3,(H2,21,26)/p+1/t14-/m0/s1. The van der Waals surface area contributed by atoms with Crippen molar-refractivity contribution in [1.29, 1.82) is 0 Å². The number of aryl methyl sites for hydroxylation is 1. The lowest BCUT2D eigenvalue weighted by Crippen LogP contribution is -3.13. The molecule has 0 spiro atoms. The van der Waals surface area contributed by atoms with E-state index >= 15 is 0 Å². The van der Waals surface area contributed by atoms with Crippen LogP contribution >= 0.6 is 11.3 Å². The van der Waals surface area contributed by atoms with E-state index in [1.54, 1.807) is 6.92 Å². The van der Waals surface area contributed by atoms with Gasteiger partial charge in [0.1, 0.15) is 10.7 Å². The molecule has 7 nitrogen and oxygen atoms in total. The number of fused-ring (bicyclic) bond motifs is 1. The predicted molar refractivity (Wildman–Crippen MR) is 98.1 cm³/mol. The lowest BCUT2D eigenvalue weighted by atomic mass is 9.93. The highest BCUT2D eigenvalue weighted by atomic mass is 32.1. The van der Waals surface area contributed by atoms with E-state index < -0.39 is 17.7 Å². The van der Waals surface area contributed by atoms with Gasteiger partial charge < -0.3 is 15.7 Å². The second-order valence-electron chi connectivity index (χ2n) is 7.08. The van der Waals surface area contributed by atoms with Crippen molar-refractivity contribution in [2.24, 2.45) is 11.7 Å². The number of piperidine rings is 1. The van der Waals surface area contributed by atoms with Gasteiger partial charge >= 0.3 is 0 Å². The average Bonchev–Trinajstić information content (AvgIpc) is 3.16. The van der Waals surface area contributed by atoms with Crippen molar-refractivity contribution in [2.75, 3.05) is 13.1 Å². The van der Waals surface area contributed by atoms with E-state index in [0.717, 1.165) is 17.0 Å². The molecule has 1 atom stereocenters. The summed E-state index contributed by atoms with van der Waals surface area (Å²) in [6.45, 7) is 2.96. The Morgan fingerprint density at radius 1 is 1.36 bits per heavy atom. The first-order chi connectivity index (χ1) is 13.3. The van der Waals surface area contributed by atoms with Gasteiger partial charge in [-0.3, -0.25) is 4.79 Å². The van der Waals surface area contributed by atoms with E-state index in [1.165, 1.54) is 21.9 Å². The number of thiazole rings is 1. The number of aromatic nitrogens is 3. The summed E-state index contributed by atoms with van der Waals surface area (Å²) < 4.78 is 28.8. The molecule has 148 valence electrons. The van der Waals surface area contributed by atoms with Gasteiger partial charge in [0, 0.05) is 24.3 Å². The van der Waals surface area contributed by atoms with Gasteiger partial charge in [-0.25, -0.2) is 13.8 Å². The molecule has 0 saturated carbocycles. The van der Waals surface area contributed by atoms with Gasteiger partial charge in [0.05, 0.1) is 13.1 Å². The summed E-state index contributed by atoms with van der Waals surface area (Å²) >= 11 is 1.27. The Morgan fingerprint density at radius 3 is 2.68 bits per heavy atom. The molecule has 3 aromatic rings. The Bertz CT molecular complexity index is 1040. The minimum atomic E-state index is -0.941. The molecule has 0 aliphatic carbocycles. The molecule has 1 fully saturated rings. The Balaban J connectivity index is 1.76. The largest absolute Gasteiger partial charge is 0.492 e. The maximum absolute atomic E-state index is 14.0. The fraction of sp³-hybridized carbons (Fsp3) is 0.389. The number of hydrogen-bond acceptors (Lipinski definition) is 5. The molecule has 0 unspecified atom stereocenters. The Hall–Kier alpha value is -2.59. The van der Waals surface area contributed by atoms with Crippen LogP contribution < -0.4 is 10.6 Å². The third-order valence-corrected chi connectivity index (χ3v) is 6.37.